The number of urea groups is 1. The summed E-state index contributed by atoms with van der Waals surface area (Å²) < 4.78 is 2.88. The number of rotatable bonds is 4. The van der Waals surface area contributed by atoms with Gasteiger partial charge in [-0.2, -0.15) is 5.10 Å². The molecule has 9 heteroatoms. The largest absolute Gasteiger partial charge is 0.355 e. The second-order valence-corrected chi connectivity index (χ2v) is 6.20. The quantitative estimate of drug-likeness (QED) is 0.633. The van der Waals surface area contributed by atoms with Crippen molar-refractivity contribution in [3.63, 3.8) is 0 Å². The van der Waals surface area contributed by atoms with Crippen LogP contribution in [-0.2, 0) is 7.05 Å². The van der Waals surface area contributed by atoms with Crippen molar-refractivity contribution in [3.05, 3.63) is 64.1 Å². The van der Waals surface area contributed by atoms with E-state index in [2.05, 4.69) is 15.7 Å². The third-order valence-corrected chi connectivity index (χ3v) is 4.29. The number of para-hydroxylation sites is 1. The molecule has 0 radical (unpaired) electrons. The Balaban J connectivity index is 2.25. The molecule has 0 saturated heterocycles. The van der Waals surface area contributed by atoms with Crippen molar-refractivity contribution in [2.45, 2.75) is 6.92 Å². The lowest BCUT2D eigenvalue weighted by molar-refractivity contribution is 0.0961. The maximum absolute atomic E-state index is 12.3. The van der Waals surface area contributed by atoms with Gasteiger partial charge in [-0.1, -0.05) is 18.2 Å². The monoisotopic (exact) mass is 380 g/mol. The second kappa shape index (κ2) is 7.39. The summed E-state index contributed by atoms with van der Waals surface area (Å²) in [5, 5.41) is 9.66. The molecule has 0 saturated carbocycles. The zero-order valence-electron chi connectivity index (χ0n) is 15.7. The molecule has 0 aliphatic heterocycles. The minimum Gasteiger partial charge on any atom is -0.355 e. The molecule has 0 fully saturated rings. The van der Waals surface area contributed by atoms with Crippen molar-refractivity contribution in [1.82, 2.24) is 19.7 Å². The third-order valence-electron chi connectivity index (χ3n) is 4.29. The van der Waals surface area contributed by atoms with Gasteiger partial charge in [0.25, 0.3) is 11.5 Å². The van der Waals surface area contributed by atoms with E-state index in [4.69, 9.17) is 5.73 Å². The normalized spacial score (nSPS) is 10.5. The number of pyridine rings is 1. The van der Waals surface area contributed by atoms with Gasteiger partial charge in [-0.05, 0) is 25.1 Å². The molecule has 2 aromatic heterocycles. The van der Waals surface area contributed by atoms with Crippen LogP contribution in [0.3, 0.4) is 0 Å². The number of carbonyl (C=O) groups is 2. The number of carbonyl (C=O) groups excluding carboxylic acids is 2. The van der Waals surface area contributed by atoms with Gasteiger partial charge in [-0.15, -0.1) is 0 Å². The highest BCUT2D eigenvalue weighted by Gasteiger charge is 2.21. The van der Waals surface area contributed by atoms with E-state index in [1.54, 1.807) is 24.9 Å². The van der Waals surface area contributed by atoms with Gasteiger partial charge in [0.15, 0.2) is 0 Å². The predicted octanol–water partition coefficient (Wildman–Crippen LogP) is 1.40. The van der Waals surface area contributed by atoms with Crippen molar-refractivity contribution >= 4 is 17.8 Å². The number of hydrogen-bond donors (Lipinski definition) is 3. The molecule has 0 aliphatic rings. The maximum atomic E-state index is 12.3. The lowest BCUT2D eigenvalue weighted by atomic mass is 10.1. The Morgan fingerprint density at radius 3 is 2.46 bits per heavy atom. The highest BCUT2D eigenvalue weighted by atomic mass is 16.2. The van der Waals surface area contributed by atoms with Crippen LogP contribution in [0.5, 0.6) is 0 Å². The van der Waals surface area contributed by atoms with Gasteiger partial charge in [0, 0.05) is 31.4 Å². The molecule has 0 spiro atoms. The zero-order valence-corrected chi connectivity index (χ0v) is 15.7. The number of nitrogens with one attached hydrogen (secondary N) is 2. The van der Waals surface area contributed by atoms with Gasteiger partial charge in [0.05, 0.1) is 11.4 Å². The Kier molecular flexibility index (Phi) is 4.99. The van der Waals surface area contributed by atoms with E-state index in [0.717, 1.165) is 5.69 Å². The van der Waals surface area contributed by atoms with Crippen molar-refractivity contribution < 1.29 is 9.59 Å². The number of anilines is 1. The van der Waals surface area contributed by atoms with Gasteiger partial charge < -0.3 is 15.6 Å². The summed E-state index contributed by atoms with van der Waals surface area (Å²) in [5.74, 6) is -0.0814. The lowest BCUT2D eigenvalue weighted by Gasteiger charge is -2.07. The Hall–Kier alpha value is -3.88. The summed E-state index contributed by atoms with van der Waals surface area (Å²) in [5.41, 5.74) is 7.33. The zero-order chi connectivity index (χ0) is 20.4. The highest BCUT2D eigenvalue weighted by Crippen LogP contribution is 2.30. The predicted molar refractivity (Wildman–Crippen MR) is 106 cm³/mol. The molecule has 3 aromatic rings. The number of hydrogen-bond acceptors (Lipinski definition) is 4. The minimum atomic E-state index is -0.724. The highest BCUT2D eigenvalue weighted by molar-refractivity contribution is 5.95. The van der Waals surface area contributed by atoms with Crippen LogP contribution in [0.2, 0.25) is 0 Å². The standard InChI is InChI=1S/C19H20N6O3/c1-11-15(12-9-14(17(26)21-2)18(27)24(3)10-12)23-25(16(11)22-19(20)28)13-7-5-4-6-8-13/h4-10H,1-3H3,(H,21,26)(H3,20,22,28). The number of nitrogens with zero attached hydrogens (tertiary/aromatic N) is 3. The third kappa shape index (κ3) is 3.37. The summed E-state index contributed by atoms with van der Waals surface area (Å²) >= 11 is 0. The number of benzene rings is 1. The van der Waals surface area contributed by atoms with Gasteiger partial charge >= 0.3 is 6.03 Å². The van der Waals surface area contributed by atoms with E-state index >= 15 is 0 Å². The molecule has 0 unspecified atom stereocenters. The summed E-state index contributed by atoms with van der Waals surface area (Å²) in [6.45, 7) is 1.78. The van der Waals surface area contributed by atoms with Gasteiger partial charge in [-0.3, -0.25) is 14.9 Å². The molecule has 1 aromatic carbocycles. The SMILES string of the molecule is CNC(=O)c1cc(-c2nn(-c3ccccc3)c(NC(N)=O)c2C)cn(C)c1=O. The maximum Gasteiger partial charge on any atom is 0.317 e. The van der Waals surface area contributed by atoms with E-state index in [9.17, 15) is 14.4 Å². The molecule has 0 atom stereocenters. The van der Waals surface area contributed by atoms with Crippen LogP contribution >= 0.6 is 0 Å². The fraction of sp³-hybridized carbons (Fsp3) is 0.158. The van der Waals surface area contributed by atoms with E-state index in [-0.39, 0.29) is 5.56 Å². The van der Waals surface area contributed by atoms with E-state index in [1.165, 1.54) is 17.7 Å². The lowest BCUT2D eigenvalue weighted by Crippen LogP contribution is -2.30. The molecule has 28 heavy (non-hydrogen) atoms. The smallest absolute Gasteiger partial charge is 0.317 e. The minimum absolute atomic E-state index is 0.000529. The summed E-state index contributed by atoms with van der Waals surface area (Å²) in [7, 11) is 3.02. The van der Waals surface area contributed by atoms with Gasteiger partial charge in [0.1, 0.15) is 11.4 Å². The molecule has 0 bridgehead atoms. The number of primary amides is 1. The molecular formula is C19H20N6O3. The first kappa shape index (κ1) is 18.9. The van der Waals surface area contributed by atoms with Gasteiger partial charge in [0.2, 0.25) is 0 Å². The number of aromatic nitrogens is 3. The van der Waals surface area contributed by atoms with Crippen LogP contribution in [0.1, 0.15) is 15.9 Å². The summed E-state index contributed by atoms with van der Waals surface area (Å²) in [4.78, 5) is 35.9. The molecule has 144 valence electrons. The first-order valence-electron chi connectivity index (χ1n) is 8.48. The van der Waals surface area contributed by atoms with Gasteiger partial charge in [-0.25, -0.2) is 9.48 Å². The summed E-state index contributed by atoms with van der Waals surface area (Å²) in [6.07, 6.45) is 1.59. The Bertz CT molecular complexity index is 1110. The Morgan fingerprint density at radius 1 is 1.18 bits per heavy atom. The Morgan fingerprint density at radius 2 is 1.86 bits per heavy atom. The van der Waals surface area contributed by atoms with Crippen LogP contribution in [0.25, 0.3) is 16.9 Å². The first-order valence-corrected chi connectivity index (χ1v) is 8.48. The fourth-order valence-electron chi connectivity index (χ4n) is 2.93. The molecule has 9 nitrogen and oxygen atoms in total. The van der Waals surface area contributed by atoms with Crippen LogP contribution in [-0.4, -0.2) is 33.3 Å². The molecular weight excluding hydrogens is 360 g/mol. The van der Waals surface area contributed by atoms with Crippen LogP contribution in [0, 0.1) is 6.92 Å². The number of amides is 3. The van der Waals surface area contributed by atoms with Crippen LogP contribution in [0.4, 0.5) is 10.6 Å². The van der Waals surface area contributed by atoms with Crippen molar-refractivity contribution in [1.29, 1.82) is 0 Å². The molecule has 4 N–H and O–H groups in total. The van der Waals surface area contributed by atoms with E-state index < -0.39 is 17.5 Å². The fourth-order valence-corrected chi connectivity index (χ4v) is 2.93. The molecule has 2 heterocycles. The average molecular weight is 380 g/mol. The van der Waals surface area contributed by atoms with E-state index in [1.807, 2.05) is 30.3 Å². The first-order chi connectivity index (χ1) is 13.3. The average Bonchev–Trinajstić information content (AvgIpc) is 3.00. The van der Waals surface area contributed by atoms with Crippen molar-refractivity contribution in [2.75, 3.05) is 12.4 Å². The summed E-state index contributed by atoms with van der Waals surface area (Å²) in [6, 6.07) is 9.98. The Labute approximate surface area is 160 Å². The van der Waals surface area contributed by atoms with Crippen molar-refractivity contribution in [3.8, 4) is 16.9 Å². The molecule has 3 rings (SSSR count). The molecule has 3 amide bonds. The second-order valence-electron chi connectivity index (χ2n) is 6.20. The van der Waals surface area contributed by atoms with E-state index in [0.29, 0.717) is 22.6 Å². The van der Waals surface area contributed by atoms with Crippen molar-refractivity contribution in [2.24, 2.45) is 12.8 Å². The topological polar surface area (TPSA) is 124 Å². The number of aryl methyl sites for hydroxylation is 1. The number of nitrogens with two attached hydrogens (primary N) is 1. The van der Waals surface area contributed by atoms with Crippen LogP contribution in [0.15, 0.2) is 47.4 Å². The van der Waals surface area contributed by atoms with Crippen LogP contribution < -0.4 is 21.9 Å². The molecule has 0 aliphatic carbocycles.